The van der Waals surface area contributed by atoms with E-state index in [0.717, 1.165) is 11.5 Å². The van der Waals surface area contributed by atoms with Crippen molar-refractivity contribution in [2.75, 3.05) is 22.9 Å². The first-order valence-electron chi connectivity index (χ1n) is 6.24. The molecule has 2 aromatic heterocycles. The van der Waals surface area contributed by atoms with Gasteiger partial charge in [-0.2, -0.15) is 4.37 Å². The smallest absolute Gasteiger partial charge is 0.184 e. The van der Waals surface area contributed by atoms with Crippen LogP contribution in [0.15, 0.2) is 22.4 Å². The highest BCUT2D eigenvalue weighted by Crippen LogP contribution is 2.36. The number of sulfone groups is 1. The number of nitrogens with two attached hydrogens (primary N) is 1. The van der Waals surface area contributed by atoms with Crippen molar-refractivity contribution >= 4 is 43.5 Å². The number of hydrogen-bond donors (Lipinski definition) is 1. The normalized spacial score (nSPS) is 11.7. The minimum absolute atomic E-state index is 0.0270. The van der Waals surface area contributed by atoms with Crippen LogP contribution >= 0.6 is 22.9 Å². The minimum Gasteiger partial charge on any atom is -0.382 e. The molecule has 20 heavy (non-hydrogen) atoms. The highest BCUT2D eigenvalue weighted by atomic mass is 32.2. The van der Waals surface area contributed by atoms with Crippen LogP contribution in [0.1, 0.15) is 18.7 Å². The molecule has 0 unspecified atom stereocenters. The van der Waals surface area contributed by atoms with Gasteiger partial charge in [0.1, 0.15) is 9.90 Å². The van der Waals surface area contributed by atoms with Crippen LogP contribution in [0.3, 0.4) is 0 Å². The molecule has 0 atom stereocenters. The predicted octanol–water partition coefficient (Wildman–Crippen LogP) is 2.61. The van der Waals surface area contributed by atoms with E-state index in [1.807, 2.05) is 29.3 Å². The van der Waals surface area contributed by atoms with Gasteiger partial charge in [0.2, 0.25) is 0 Å². The number of nitrogen functional groups attached to an aromatic ring is 1. The average molecular weight is 331 g/mol. The third-order valence-corrected chi connectivity index (χ3v) is 6.64. The fraction of sp³-hybridized carbons (Fsp3) is 0.417. The molecule has 5 nitrogen and oxygen atoms in total. The number of rotatable bonds is 6. The maximum Gasteiger partial charge on any atom is 0.184 e. The Balaban J connectivity index is 2.41. The fourth-order valence-electron chi connectivity index (χ4n) is 1.84. The predicted molar refractivity (Wildman–Crippen MR) is 85.3 cm³/mol. The van der Waals surface area contributed by atoms with Gasteiger partial charge in [-0.1, -0.05) is 13.0 Å². The number of hydrogen-bond acceptors (Lipinski definition) is 7. The summed E-state index contributed by atoms with van der Waals surface area (Å²) >= 11 is 2.80. The largest absolute Gasteiger partial charge is 0.382 e. The van der Waals surface area contributed by atoms with Gasteiger partial charge in [-0.25, -0.2) is 8.42 Å². The molecule has 0 aliphatic rings. The van der Waals surface area contributed by atoms with Gasteiger partial charge in [-0.05, 0) is 29.9 Å². The summed E-state index contributed by atoms with van der Waals surface area (Å²) in [5.74, 6) is 0.135. The van der Waals surface area contributed by atoms with Gasteiger partial charge in [-0.15, -0.1) is 11.3 Å². The van der Waals surface area contributed by atoms with Crippen LogP contribution in [-0.2, 0) is 16.4 Å². The Morgan fingerprint density at radius 2 is 2.15 bits per heavy atom. The lowest BCUT2D eigenvalue weighted by Gasteiger charge is -2.21. The van der Waals surface area contributed by atoms with Crippen LogP contribution in [0.25, 0.3) is 0 Å². The van der Waals surface area contributed by atoms with E-state index in [1.54, 1.807) is 18.3 Å². The van der Waals surface area contributed by atoms with Crippen molar-refractivity contribution in [1.29, 1.82) is 0 Å². The van der Waals surface area contributed by atoms with Crippen LogP contribution in [0.5, 0.6) is 0 Å². The number of anilines is 2. The first-order chi connectivity index (χ1) is 9.49. The third-order valence-electron chi connectivity index (χ3n) is 2.94. The standard InChI is InChI=1S/C12H17N3O2S3/c1-3-15(8-9-6-5-7-18-9)12-10(11(13)14-19-12)20(16,17)4-2/h5-7H,3-4,8H2,1-2H3,(H2,13,14). The highest BCUT2D eigenvalue weighted by molar-refractivity contribution is 7.91. The van der Waals surface area contributed by atoms with E-state index in [1.165, 1.54) is 4.88 Å². The molecule has 0 fully saturated rings. The van der Waals surface area contributed by atoms with E-state index in [4.69, 9.17) is 5.73 Å². The minimum atomic E-state index is -3.37. The van der Waals surface area contributed by atoms with Crippen molar-refractivity contribution in [2.45, 2.75) is 25.3 Å². The van der Waals surface area contributed by atoms with E-state index in [-0.39, 0.29) is 16.5 Å². The second-order valence-electron chi connectivity index (χ2n) is 4.20. The molecule has 8 heteroatoms. The second kappa shape index (κ2) is 6.11. The van der Waals surface area contributed by atoms with Gasteiger partial charge in [0, 0.05) is 11.4 Å². The van der Waals surface area contributed by atoms with Crippen LogP contribution < -0.4 is 10.6 Å². The van der Waals surface area contributed by atoms with E-state index >= 15 is 0 Å². The highest BCUT2D eigenvalue weighted by Gasteiger charge is 2.26. The molecule has 2 rings (SSSR count). The molecule has 0 aromatic carbocycles. The molecular formula is C12H17N3O2S3. The van der Waals surface area contributed by atoms with Gasteiger partial charge in [0.15, 0.2) is 15.7 Å². The molecule has 0 bridgehead atoms. The van der Waals surface area contributed by atoms with Gasteiger partial charge in [0.25, 0.3) is 0 Å². The monoisotopic (exact) mass is 331 g/mol. The topological polar surface area (TPSA) is 76.3 Å². The average Bonchev–Trinajstić information content (AvgIpc) is 3.05. The van der Waals surface area contributed by atoms with Crippen LogP contribution in [0, 0.1) is 0 Å². The second-order valence-corrected chi connectivity index (χ2v) is 8.20. The molecule has 2 aromatic rings. The van der Waals surface area contributed by atoms with Gasteiger partial charge >= 0.3 is 0 Å². The Morgan fingerprint density at radius 3 is 2.70 bits per heavy atom. The Labute approximate surface area is 127 Å². The Hall–Kier alpha value is -1.12. The van der Waals surface area contributed by atoms with Gasteiger partial charge in [0.05, 0.1) is 12.3 Å². The SMILES string of the molecule is CCN(Cc1cccs1)c1snc(N)c1S(=O)(=O)CC. The number of thiophene rings is 1. The van der Waals surface area contributed by atoms with Gasteiger partial charge in [-0.3, -0.25) is 0 Å². The number of aromatic nitrogens is 1. The molecule has 0 saturated carbocycles. The van der Waals surface area contributed by atoms with E-state index < -0.39 is 9.84 Å². The maximum absolute atomic E-state index is 12.2. The quantitative estimate of drug-likeness (QED) is 0.880. The summed E-state index contributed by atoms with van der Waals surface area (Å²) in [6.45, 7) is 4.98. The summed E-state index contributed by atoms with van der Waals surface area (Å²) in [6, 6.07) is 4.02. The summed E-state index contributed by atoms with van der Waals surface area (Å²) < 4.78 is 28.4. The van der Waals surface area contributed by atoms with Crippen molar-refractivity contribution in [3.63, 3.8) is 0 Å². The van der Waals surface area contributed by atoms with E-state index in [9.17, 15) is 8.42 Å². The molecule has 2 N–H and O–H groups in total. The van der Waals surface area contributed by atoms with E-state index in [0.29, 0.717) is 18.1 Å². The first-order valence-corrected chi connectivity index (χ1v) is 9.55. The summed E-state index contributed by atoms with van der Waals surface area (Å²) in [5, 5.41) is 2.65. The lowest BCUT2D eigenvalue weighted by atomic mass is 10.4. The molecule has 0 aliphatic carbocycles. The van der Waals surface area contributed by atoms with Crippen molar-refractivity contribution in [1.82, 2.24) is 4.37 Å². The van der Waals surface area contributed by atoms with E-state index in [2.05, 4.69) is 4.37 Å². The summed E-state index contributed by atoms with van der Waals surface area (Å²) in [4.78, 5) is 3.37. The zero-order valence-corrected chi connectivity index (χ0v) is 13.8. The summed E-state index contributed by atoms with van der Waals surface area (Å²) in [6.07, 6.45) is 0. The Kier molecular flexibility index (Phi) is 4.66. The lowest BCUT2D eigenvalue weighted by Crippen LogP contribution is -2.22. The van der Waals surface area contributed by atoms with Gasteiger partial charge < -0.3 is 10.6 Å². The van der Waals surface area contributed by atoms with Crippen LogP contribution in [-0.4, -0.2) is 25.1 Å². The van der Waals surface area contributed by atoms with Crippen molar-refractivity contribution in [2.24, 2.45) is 0 Å². The number of nitrogens with zero attached hydrogens (tertiary/aromatic N) is 2. The summed E-state index contributed by atoms with van der Waals surface area (Å²) in [5.41, 5.74) is 5.77. The van der Waals surface area contributed by atoms with Crippen molar-refractivity contribution in [3.05, 3.63) is 22.4 Å². The maximum atomic E-state index is 12.2. The molecule has 0 amide bonds. The molecule has 0 saturated heterocycles. The molecular weight excluding hydrogens is 314 g/mol. The summed E-state index contributed by atoms with van der Waals surface area (Å²) in [7, 11) is -3.37. The lowest BCUT2D eigenvalue weighted by molar-refractivity contribution is 0.597. The zero-order valence-electron chi connectivity index (χ0n) is 11.4. The van der Waals surface area contributed by atoms with Crippen molar-refractivity contribution in [3.8, 4) is 0 Å². The third kappa shape index (κ3) is 2.97. The molecule has 0 radical (unpaired) electrons. The van der Waals surface area contributed by atoms with Crippen LogP contribution in [0.4, 0.5) is 10.8 Å². The Morgan fingerprint density at radius 1 is 1.40 bits per heavy atom. The van der Waals surface area contributed by atoms with Crippen LogP contribution in [0.2, 0.25) is 0 Å². The molecule has 0 aliphatic heterocycles. The fourth-order valence-corrected chi connectivity index (χ4v) is 4.93. The Bertz CT molecular complexity index is 662. The molecule has 110 valence electrons. The first kappa shape index (κ1) is 15.3. The molecule has 2 heterocycles. The molecule has 0 spiro atoms. The van der Waals surface area contributed by atoms with Crippen molar-refractivity contribution < 1.29 is 8.42 Å². The zero-order chi connectivity index (χ0) is 14.8.